The molecule has 0 heterocycles. The van der Waals surface area contributed by atoms with Crippen LogP contribution in [0.15, 0.2) is 54.6 Å². The van der Waals surface area contributed by atoms with E-state index in [1.54, 1.807) is 55.3 Å². The van der Waals surface area contributed by atoms with E-state index in [1.165, 1.54) is 0 Å². The molecule has 2 amide bonds. The molecule has 154 valence electrons. The van der Waals surface area contributed by atoms with Crippen molar-refractivity contribution in [3.05, 3.63) is 71.3 Å². The summed E-state index contributed by atoms with van der Waals surface area (Å²) in [4.78, 5) is 37.9. The van der Waals surface area contributed by atoms with E-state index in [4.69, 9.17) is 0 Å². The minimum Gasteiger partial charge on any atom is -0.481 e. The summed E-state index contributed by atoms with van der Waals surface area (Å²) in [6, 6.07) is 15.4. The first-order valence-electron chi connectivity index (χ1n) is 9.63. The van der Waals surface area contributed by atoms with E-state index in [2.05, 4.69) is 5.32 Å². The van der Waals surface area contributed by atoms with Gasteiger partial charge in [0.2, 0.25) is 5.91 Å². The van der Waals surface area contributed by atoms with Crippen LogP contribution in [0.4, 0.5) is 0 Å². The lowest BCUT2D eigenvalue weighted by Gasteiger charge is -2.23. The third kappa shape index (κ3) is 5.91. The number of benzene rings is 2. The van der Waals surface area contributed by atoms with E-state index in [0.717, 1.165) is 11.1 Å². The zero-order valence-electron chi connectivity index (χ0n) is 17.3. The van der Waals surface area contributed by atoms with Gasteiger partial charge in [-0.25, -0.2) is 0 Å². The minimum absolute atomic E-state index is 0.0557. The van der Waals surface area contributed by atoms with Gasteiger partial charge in [-0.2, -0.15) is 0 Å². The van der Waals surface area contributed by atoms with Gasteiger partial charge in [0.05, 0.1) is 12.0 Å². The highest BCUT2D eigenvalue weighted by Gasteiger charge is 2.27. The molecule has 0 saturated carbocycles. The second-order valence-corrected chi connectivity index (χ2v) is 7.53. The highest BCUT2D eigenvalue weighted by molar-refractivity contribution is 5.94. The van der Waals surface area contributed by atoms with Crippen molar-refractivity contribution in [2.75, 3.05) is 7.05 Å². The van der Waals surface area contributed by atoms with Crippen molar-refractivity contribution in [1.29, 1.82) is 0 Å². The van der Waals surface area contributed by atoms with Crippen LogP contribution in [-0.2, 0) is 16.1 Å². The molecule has 0 aliphatic carbocycles. The quantitative estimate of drug-likeness (QED) is 0.715. The van der Waals surface area contributed by atoms with Gasteiger partial charge in [0.15, 0.2) is 0 Å². The first-order valence-corrected chi connectivity index (χ1v) is 9.63. The van der Waals surface area contributed by atoms with E-state index in [0.29, 0.717) is 12.1 Å². The maximum absolute atomic E-state index is 12.7. The number of carboxylic acid groups (broad SMARTS) is 1. The molecule has 6 nitrogen and oxygen atoms in total. The molecule has 2 aromatic rings. The van der Waals surface area contributed by atoms with Gasteiger partial charge in [-0.1, -0.05) is 56.3 Å². The van der Waals surface area contributed by atoms with Gasteiger partial charge in [-0.3, -0.25) is 14.4 Å². The fraction of sp³-hybridized carbons (Fsp3) is 0.348. The van der Waals surface area contributed by atoms with Crippen LogP contribution < -0.4 is 5.32 Å². The van der Waals surface area contributed by atoms with Gasteiger partial charge < -0.3 is 15.3 Å². The van der Waals surface area contributed by atoms with Crippen molar-refractivity contribution < 1.29 is 19.5 Å². The Bertz CT molecular complexity index is 847. The van der Waals surface area contributed by atoms with Crippen molar-refractivity contribution in [2.45, 2.75) is 33.4 Å². The van der Waals surface area contributed by atoms with Crippen LogP contribution in [0.5, 0.6) is 0 Å². The Morgan fingerprint density at radius 1 is 0.966 bits per heavy atom. The van der Waals surface area contributed by atoms with Crippen molar-refractivity contribution in [3.63, 3.8) is 0 Å². The third-order valence-corrected chi connectivity index (χ3v) is 4.84. The van der Waals surface area contributed by atoms with Gasteiger partial charge in [0, 0.05) is 25.1 Å². The summed E-state index contributed by atoms with van der Waals surface area (Å²) in [6.07, 6.45) is 0. The first-order chi connectivity index (χ1) is 13.7. The first kappa shape index (κ1) is 22.1. The fourth-order valence-corrected chi connectivity index (χ4v) is 3.08. The summed E-state index contributed by atoms with van der Waals surface area (Å²) < 4.78 is 0. The molecule has 0 spiro atoms. The van der Waals surface area contributed by atoms with Crippen LogP contribution in [-0.4, -0.2) is 34.8 Å². The summed E-state index contributed by atoms with van der Waals surface area (Å²) in [5.41, 5.74) is 2.09. The molecular weight excluding hydrogens is 368 g/mol. The Hall–Kier alpha value is -3.15. The average molecular weight is 396 g/mol. The van der Waals surface area contributed by atoms with Crippen LogP contribution in [0.25, 0.3) is 0 Å². The van der Waals surface area contributed by atoms with Crippen LogP contribution in [0.3, 0.4) is 0 Å². The Balaban J connectivity index is 2.12. The van der Waals surface area contributed by atoms with Crippen LogP contribution in [0.2, 0.25) is 0 Å². The van der Waals surface area contributed by atoms with E-state index in [9.17, 15) is 19.5 Å². The number of rotatable bonds is 8. The van der Waals surface area contributed by atoms with Crippen molar-refractivity contribution in [1.82, 2.24) is 10.2 Å². The van der Waals surface area contributed by atoms with Crippen molar-refractivity contribution in [2.24, 2.45) is 11.8 Å². The summed E-state index contributed by atoms with van der Waals surface area (Å²) in [6.45, 7) is 5.74. The summed E-state index contributed by atoms with van der Waals surface area (Å²) in [5, 5.41) is 12.3. The SMILES string of the molecule is CC(C)C(=O)N(C)Cc1ccc(C(=O)NC(c2ccccc2)C(C)C(=O)O)cc1. The summed E-state index contributed by atoms with van der Waals surface area (Å²) >= 11 is 0. The van der Waals surface area contributed by atoms with Gasteiger partial charge in [-0.05, 0) is 30.2 Å². The summed E-state index contributed by atoms with van der Waals surface area (Å²) in [5.74, 6) is -2.12. The number of amides is 2. The van der Waals surface area contributed by atoms with Gasteiger partial charge in [-0.15, -0.1) is 0 Å². The normalized spacial score (nSPS) is 12.9. The average Bonchev–Trinajstić information content (AvgIpc) is 2.71. The minimum atomic E-state index is -0.979. The molecule has 2 rings (SSSR count). The fourth-order valence-electron chi connectivity index (χ4n) is 3.08. The second kappa shape index (κ2) is 9.87. The Labute approximate surface area is 171 Å². The number of hydrogen-bond donors (Lipinski definition) is 2. The van der Waals surface area contributed by atoms with Crippen LogP contribution >= 0.6 is 0 Å². The molecule has 0 bridgehead atoms. The Morgan fingerprint density at radius 3 is 2.07 bits per heavy atom. The number of aliphatic carboxylic acids is 1. The lowest BCUT2D eigenvalue weighted by Crippen LogP contribution is -2.35. The number of nitrogens with one attached hydrogen (secondary N) is 1. The van der Waals surface area contributed by atoms with E-state index in [-0.39, 0.29) is 17.7 Å². The Kier molecular flexibility index (Phi) is 7.53. The van der Waals surface area contributed by atoms with Gasteiger partial charge in [0.25, 0.3) is 5.91 Å². The molecule has 0 fully saturated rings. The van der Waals surface area contributed by atoms with Gasteiger partial charge in [0.1, 0.15) is 0 Å². The number of nitrogens with zero attached hydrogens (tertiary/aromatic N) is 1. The molecular formula is C23H28N2O4. The molecule has 6 heteroatoms. The lowest BCUT2D eigenvalue weighted by atomic mass is 9.94. The largest absolute Gasteiger partial charge is 0.481 e. The molecule has 0 saturated heterocycles. The van der Waals surface area contributed by atoms with Crippen molar-refractivity contribution >= 4 is 17.8 Å². The highest BCUT2D eigenvalue weighted by atomic mass is 16.4. The molecule has 2 N–H and O–H groups in total. The molecule has 2 unspecified atom stereocenters. The van der Waals surface area contributed by atoms with E-state index < -0.39 is 17.9 Å². The maximum Gasteiger partial charge on any atom is 0.308 e. The lowest BCUT2D eigenvalue weighted by molar-refractivity contribution is -0.142. The topological polar surface area (TPSA) is 86.7 Å². The van der Waals surface area contributed by atoms with Crippen LogP contribution in [0.1, 0.15) is 48.3 Å². The number of hydrogen-bond acceptors (Lipinski definition) is 3. The highest BCUT2D eigenvalue weighted by Crippen LogP contribution is 2.23. The molecule has 0 aromatic heterocycles. The maximum atomic E-state index is 12.7. The van der Waals surface area contributed by atoms with Crippen molar-refractivity contribution in [3.8, 4) is 0 Å². The molecule has 2 atom stereocenters. The number of carbonyl (C=O) groups excluding carboxylic acids is 2. The standard InChI is InChI=1S/C23H28N2O4/c1-15(2)22(27)25(4)14-17-10-12-19(13-11-17)21(26)24-20(16(3)23(28)29)18-8-6-5-7-9-18/h5-13,15-16,20H,14H2,1-4H3,(H,24,26)(H,28,29). The second-order valence-electron chi connectivity index (χ2n) is 7.53. The van der Waals surface area contributed by atoms with E-state index in [1.807, 2.05) is 32.0 Å². The smallest absolute Gasteiger partial charge is 0.308 e. The zero-order chi connectivity index (χ0) is 21.6. The zero-order valence-corrected chi connectivity index (χ0v) is 17.3. The number of carboxylic acids is 1. The molecule has 2 aromatic carbocycles. The third-order valence-electron chi connectivity index (χ3n) is 4.84. The molecule has 29 heavy (non-hydrogen) atoms. The Morgan fingerprint density at radius 2 is 1.55 bits per heavy atom. The molecule has 0 aliphatic heterocycles. The van der Waals surface area contributed by atoms with Crippen LogP contribution in [0, 0.1) is 11.8 Å². The molecule has 0 radical (unpaired) electrons. The monoisotopic (exact) mass is 396 g/mol. The summed E-state index contributed by atoms with van der Waals surface area (Å²) in [7, 11) is 1.75. The van der Waals surface area contributed by atoms with Gasteiger partial charge >= 0.3 is 5.97 Å². The van der Waals surface area contributed by atoms with E-state index >= 15 is 0 Å². The predicted molar refractivity (Wildman–Crippen MR) is 111 cm³/mol. The number of carbonyl (C=O) groups is 3. The predicted octanol–water partition coefficient (Wildman–Crippen LogP) is 3.49. The molecule has 0 aliphatic rings.